The molecule has 1 aliphatic heterocycles. The summed E-state index contributed by atoms with van der Waals surface area (Å²) in [6.45, 7) is 0.625. The van der Waals surface area contributed by atoms with Crippen LogP contribution in [0, 0.1) is 5.82 Å². The lowest BCUT2D eigenvalue weighted by molar-refractivity contribution is 0.314. The highest BCUT2D eigenvalue weighted by molar-refractivity contribution is 9.10. The third-order valence-electron chi connectivity index (χ3n) is 3.24. The molecule has 1 aromatic rings. The first-order chi connectivity index (χ1) is 9.36. The molecule has 2 rings (SSSR count). The van der Waals surface area contributed by atoms with Gasteiger partial charge in [0.1, 0.15) is 16.5 Å². The van der Waals surface area contributed by atoms with E-state index >= 15 is 0 Å². The Morgan fingerprint density at radius 1 is 1.48 bits per heavy atom. The van der Waals surface area contributed by atoms with E-state index in [1.54, 1.807) is 0 Å². The lowest BCUT2D eigenvalue weighted by atomic mass is 10.1. The largest absolute Gasteiger partial charge is 0.495 e. The van der Waals surface area contributed by atoms with Crippen molar-refractivity contribution >= 4 is 38.4 Å². The first kappa shape index (κ1) is 18.6. The Labute approximate surface area is 138 Å². The van der Waals surface area contributed by atoms with Crippen LogP contribution in [0.15, 0.2) is 21.5 Å². The lowest BCUT2D eigenvalue weighted by Gasteiger charge is -2.30. The molecule has 1 heterocycles. The molecule has 0 aromatic heterocycles. The smallest absolute Gasteiger partial charge is 0.246 e. The predicted octanol–water partition coefficient (Wildman–Crippen LogP) is 2.13. The Morgan fingerprint density at radius 3 is 2.71 bits per heavy atom. The maximum atomic E-state index is 13.7. The van der Waals surface area contributed by atoms with Crippen LogP contribution in [0.4, 0.5) is 4.39 Å². The highest BCUT2D eigenvalue weighted by Crippen LogP contribution is 2.32. The third-order valence-corrected chi connectivity index (χ3v) is 5.74. The van der Waals surface area contributed by atoms with Crippen LogP contribution < -0.4 is 10.5 Å². The second kappa shape index (κ2) is 7.23. The van der Waals surface area contributed by atoms with Gasteiger partial charge in [0.2, 0.25) is 10.0 Å². The highest BCUT2D eigenvalue weighted by Gasteiger charge is 2.32. The van der Waals surface area contributed by atoms with Crippen molar-refractivity contribution in [3.05, 3.63) is 22.4 Å². The molecule has 5 nitrogen and oxygen atoms in total. The number of hydrogen-bond acceptors (Lipinski definition) is 4. The Morgan fingerprint density at radius 2 is 2.14 bits per heavy atom. The fraction of sp³-hybridized carbons (Fsp3) is 0.500. The first-order valence-corrected chi connectivity index (χ1v) is 8.38. The second-order valence-corrected chi connectivity index (χ2v) is 7.44. The van der Waals surface area contributed by atoms with Crippen molar-refractivity contribution in [3.63, 3.8) is 0 Å². The average molecular weight is 404 g/mol. The van der Waals surface area contributed by atoms with E-state index in [-0.39, 0.29) is 40.1 Å². The SMILES string of the molecule is COc1cc(Br)c(F)cc1S(=O)(=O)N1CCCC(N)C1.Cl. The molecular formula is C12H17BrClFN2O3S. The molecule has 1 fully saturated rings. The zero-order valence-corrected chi connectivity index (χ0v) is 14.6. The van der Waals surface area contributed by atoms with Crippen LogP contribution in [-0.2, 0) is 10.0 Å². The number of sulfonamides is 1. The molecule has 1 saturated heterocycles. The molecule has 0 aliphatic carbocycles. The Hall–Kier alpha value is -0.410. The van der Waals surface area contributed by atoms with Gasteiger partial charge in [-0.1, -0.05) is 0 Å². The minimum absolute atomic E-state index is 0. The Balaban J connectivity index is 0.00000220. The number of nitrogens with two attached hydrogens (primary N) is 1. The Kier molecular flexibility index (Phi) is 6.42. The van der Waals surface area contributed by atoms with Crippen molar-refractivity contribution in [3.8, 4) is 5.75 Å². The van der Waals surface area contributed by atoms with E-state index in [2.05, 4.69) is 15.9 Å². The van der Waals surface area contributed by atoms with Gasteiger partial charge in [0.05, 0.1) is 11.6 Å². The van der Waals surface area contributed by atoms with E-state index < -0.39 is 15.8 Å². The molecular weight excluding hydrogens is 387 g/mol. The molecule has 0 amide bonds. The van der Waals surface area contributed by atoms with Gasteiger partial charge in [0.25, 0.3) is 0 Å². The van der Waals surface area contributed by atoms with Gasteiger partial charge in [-0.15, -0.1) is 12.4 Å². The molecule has 2 N–H and O–H groups in total. The average Bonchev–Trinajstić information content (AvgIpc) is 2.41. The van der Waals surface area contributed by atoms with E-state index in [4.69, 9.17) is 10.5 Å². The maximum Gasteiger partial charge on any atom is 0.246 e. The quantitative estimate of drug-likeness (QED) is 0.839. The summed E-state index contributed by atoms with van der Waals surface area (Å²) in [7, 11) is -2.46. The standard InChI is InChI=1S/C12H16BrFN2O3S.ClH/c1-19-11-5-9(13)10(14)6-12(11)20(17,18)16-4-2-3-8(15)7-16;/h5-6,8H,2-4,7,15H2,1H3;1H. The molecule has 21 heavy (non-hydrogen) atoms. The Bertz CT molecular complexity index is 615. The van der Waals surface area contributed by atoms with Crippen molar-refractivity contribution in [1.82, 2.24) is 4.31 Å². The number of nitrogens with zero attached hydrogens (tertiary/aromatic N) is 1. The van der Waals surface area contributed by atoms with E-state index in [1.165, 1.54) is 17.5 Å². The number of methoxy groups -OCH3 is 1. The summed E-state index contributed by atoms with van der Waals surface area (Å²) in [4.78, 5) is -0.171. The summed E-state index contributed by atoms with van der Waals surface area (Å²) in [6, 6.07) is 2.09. The van der Waals surface area contributed by atoms with Crippen LogP contribution in [0.2, 0.25) is 0 Å². The van der Waals surface area contributed by atoms with Gasteiger partial charge in [-0.25, -0.2) is 12.8 Å². The summed E-state index contributed by atoms with van der Waals surface area (Å²) >= 11 is 3.01. The van der Waals surface area contributed by atoms with Crippen LogP contribution in [-0.4, -0.2) is 39.0 Å². The number of benzene rings is 1. The molecule has 0 saturated carbocycles. The summed E-state index contributed by atoms with van der Waals surface area (Å²) in [5.74, 6) is -0.539. The van der Waals surface area contributed by atoms with Gasteiger partial charge >= 0.3 is 0 Å². The van der Waals surface area contributed by atoms with Crippen LogP contribution in [0.5, 0.6) is 5.75 Å². The normalized spacial score (nSPS) is 19.9. The van der Waals surface area contributed by atoms with E-state index in [0.717, 1.165) is 12.5 Å². The van der Waals surface area contributed by atoms with E-state index in [1.807, 2.05) is 0 Å². The topological polar surface area (TPSA) is 72.6 Å². The minimum atomic E-state index is -3.81. The number of ether oxygens (including phenoxy) is 1. The molecule has 0 spiro atoms. The third kappa shape index (κ3) is 3.87. The van der Waals surface area contributed by atoms with Crippen LogP contribution in [0.25, 0.3) is 0 Å². The molecule has 1 unspecified atom stereocenters. The number of halogens is 3. The van der Waals surface area contributed by atoms with Crippen molar-refractivity contribution in [2.24, 2.45) is 5.73 Å². The van der Waals surface area contributed by atoms with Crippen LogP contribution in [0.3, 0.4) is 0 Å². The van der Waals surface area contributed by atoms with Crippen molar-refractivity contribution < 1.29 is 17.5 Å². The van der Waals surface area contributed by atoms with Crippen LogP contribution in [0.1, 0.15) is 12.8 Å². The fourth-order valence-corrected chi connectivity index (χ4v) is 4.21. The number of piperidine rings is 1. The van der Waals surface area contributed by atoms with Crippen molar-refractivity contribution in [2.75, 3.05) is 20.2 Å². The predicted molar refractivity (Wildman–Crippen MR) is 83.9 cm³/mol. The van der Waals surface area contributed by atoms with Gasteiger partial charge in [0, 0.05) is 19.1 Å². The monoisotopic (exact) mass is 402 g/mol. The van der Waals surface area contributed by atoms with Gasteiger partial charge in [-0.05, 0) is 40.9 Å². The molecule has 1 aliphatic rings. The zero-order chi connectivity index (χ0) is 14.9. The minimum Gasteiger partial charge on any atom is -0.495 e. The summed E-state index contributed by atoms with van der Waals surface area (Å²) < 4.78 is 45.3. The van der Waals surface area contributed by atoms with Gasteiger partial charge in [0.15, 0.2) is 0 Å². The summed E-state index contributed by atoms with van der Waals surface area (Å²) in [6.07, 6.45) is 1.49. The van der Waals surface area contributed by atoms with E-state index in [0.29, 0.717) is 13.0 Å². The molecule has 120 valence electrons. The van der Waals surface area contributed by atoms with Gasteiger partial charge in [-0.2, -0.15) is 4.31 Å². The maximum absolute atomic E-state index is 13.7. The molecule has 9 heteroatoms. The molecule has 1 atom stereocenters. The van der Waals surface area contributed by atoms with Crippen LogP contribution >= 0.6 is 28.3 Å². The second-order valence-electron chi connectivity index (χ2n) is 4.68. The molecule has 0 bridgehead atoms. The first-order valence-electron chi connectivity index (χ1n) is 6.15. The molecule has 0 radical (unpaired) electrons. The fourth-order valence-electron chi connectivity index (χ4n) is 2.20. The number of rotatable bonds is 3. The highest BCUT2D eigenvalue weighted by atomic mass is 79.9. The van der Waals surface area contributed by atoms with Crippen molar-refractivity contribution in [2.45, 2.75) is 23.8 Å². The zero-order valence-electron chi connectivity index (χ0n) is 11.4. The number of hydrogen-bond donors (Lipinski definition) is 1. The summed E-state index contributed by atoms with van der Waals surface area (Å²) in [5.41, 5.74) is 5.81. The van der Waals surface area contributed by atoms with Gasteiger partial charge < -0.3 is 10.5 Å². The summed E-state index contributed by atoms with van der Waals surface area (Å²) in [5, 5.41) is 0. The molecule has 1 aromatic carbocycles. The van der Waals surface area contributed by atoms with E-state index in [9.17, 15) is 12.8 Å². The van der Waals surface area contributed by atoms with Gasteiger partial charge in [-0.3, -0.25) is 0 Å². The van der Waals surface area contributed by atoms with Crippen molar-refractivity contribution in [1.29, 1.82) is 0 Å². The lowest BCUT2D eigenvalue weighted by Crippen LogP contribution is -2.45.